The Morgan fingerprint density at radius 3 is 2.36 bits per heavy atom. The van der Waals surface area contributed by atoms with Gasteiger partial charge >= 0.3 is 12.1 Å². The zero-order valence-electron chi connectivity index (χ0n) is 21.2. The standard InChI is InChI=1S/C28H28FN3O7/c1-2-3-12-25(33)39-26-22(29)10-7-11-23(26)30-27(34)24(17-19-13-15-21(16-14-19)32(36)37)31-28(35)38-18-20-8-5-4-6-9-20/h4-11,13-16,24H,2-3,12,17-18H2,1H3,(H,30,34)(H,31,35)/t24-/m0/s1. The van der Waals surface area contributed by atoms with E-state index in [4.69, 9.17) is 9.47 Å². The number of carbonyl (C=O) groups excluding carboxylic acids is 3. The Bertz CT molecular complexity index is 1300. The molecule has 0 saturated carbocycles. The van der Waals surface area contributed by atoms with Crippen LogP contribution in [0.25, 0.3) is 0 Å². The van der Waals surface area contributed by atoms with E-state index in [2.05, 4.69) is 10.6 Å². The van der Waals surface area contributed by atoms with Crippen molar-refractivity contribution in [2.75, 3.05) is 5.32 Å². The zero-order chi connectivity index (χ0) is 28.2. The van der Waals surface area contributed by atoms with Gasteiger partial charge in [-0.3, -0.25) is 19.7 Å². The summed E-state index contributed by atoms with van der Waals surface area (Å²) in [5.74, 6) is -2.68. The van der Waals surface area contributed by atoms with E-state index in [-0.39, 0.29) is 30.8 Å². The van der Waals surface area contributed by atoms with Crippen LogP contribution in [0.5, 0.6) is 5.75 Å². The number of alkyl carbamates (subject to hydrolysis) is 1. The van der Waals surface area contributed by atoms with Crippen LogP contribution in [0.3, 0.4) is 0 Å². The maximum absolute atomic E-state index is 14.5. The van der Waals surface area contributed by atoms with Crippen molar-refractivity contribution < 1.29 is 33.2 Å². The number of ether oxygens (including phenoxy) is 2. The smallest absolute Gasteiger partial charge is 0.408 e. The normalized spacial score (nSPS) is 11.2. The van der Waals surface area contributed by atoms with E-state index >= 15 is 0 Å². The third-order valence-electron chi connectivity index (χ3n) is 5.58. The van der Waals surface area contributed by atoms with Crippen molar-refractivity contribution in [2.24, 2.45) is 0 Å². The minimum Gasteiger partial charge on any atom is -0.445 e. The van der Waals surface area contributed by atoms with Crippen LogP contribution in [0.4, 0.5) is 20.6 Å². The molecule has 0 aromatic heterocycles. The van der Waals surface area contributed by atoms with E-state index in [0.717, 1.165) is 18.1 Å². The summed E-state index contributed by atoms with van der Waals surface area (Å²) < 4.78 is 24.9. The molecule has 204 valence electrons. The first-order valence-electron chi connectivity index (χ1n) is 12.3. The number of nitro benzene ring substituents is 1. The van der Waals surface area contributed by atoms with Crippen LogP contribution in [0.15, 0.2) is 72.8 Å². The van der Waals surface area contributed by atoms with Gasteiger partial charge in [0.25, 0.3) is 5.69 Å². The second-order valence-electron chi connectivity index (χ2n) is 8.57. The van der Waals surface area contributed by atoms with Gasteiger partial charge in [-0.15, -0.1) is 0 Å². The topological polar surface area (TPSA) is 137 Å². The molecule has 11 heteroatoms. The monoisotopic (exact) mass is 537 g/mol. The fraction of sp³-hybridized carbons (Fsp3) is 0.250. The molecule has 3 aromatic rings. The molecular weight excluding hydrogens is 509 g/mol. The lowest BCUT2D eigenvalue weighted by molar-refractivity contribution is -0.384. The molecule has 3 rings (SSSR count). The van der Waals surface area contributed by atoms with E-state index < -0.39 is 40.5 Å². The van der Waals surface area contributed by atoms with Gasteiger partial charge in [-0.2, -0.15) is 0 Å². The fourth-order valence-corrected chi connectivity index (χ4v) is 3.52. The number of hydrogen-bond acceptors (Lipinski definition) is 7. The number of carbonyl (C=O) groups is 3. The van der Waals surface area contributed by atoms with E-state index in [1.807, 2.05) is 13.0 Å². The van der Waals surface area contributed by atoms with Crippen molar-refractivity contribution in [1.29, 1.82) is 0 Å². The Kier molecular flexibility index (Phi) is 10.5. The number of unbranched alkanes of at least 4 members (excludes halogenated alkanes) is 1. The molecule has 0 radical (unpaired) electrons. The van der Waals surface area contributed by atoms with Crippen molar-refractivity contribution >= 4 is 29.3 Å². The molecule has 0 aliphatic heterocycles. The molecule has 0 heterocycles. The molecule has 2 amide bonds. The van der Waals surface area contributed by atoms with Gasteiger partial charge in [-0.1, -0.05) is 61.9 Å². The predicted molar refractivity (Wildman–Crippen MR) is 141 cm³/mol. The molecular formula is C28H28FN3O7. The van der Waals surface area contributed by atoms with E-state index in [9.17, 15) is 28.9 Å². The minimum atomic E-state index is -1.22. The molecule has 0 fully saturated rings. The number of rotatable bonds is 12. The highest BCUT2D eigenvalue weighted by atomic mass is 19.1. The number of amides is 2. The third kappa shape index (κ3) is 8.92. The predicted octanol–water partition coefficient (Wildman–Crippen LogP) is 5.31. The maximum atomic E-state index is 14.5. The van der Waals surface area contributed by atoms with Crippen molar-refractivity contribution in [3.05, 3.63) is 99.9 Å². The van der Waals surface area contributed by atoms with E-state index in [1.54, 1.807) is 24.3 Å². The molecule has 10 nitrogen and oxygen atoms in total. The van der Waals surface area contributed by atoms with Gasteiger partial charge < -0.3 is 20.1 Å². The van der Waals surface area contributed by atoms with Crippen molar-refractivity contribution in [1.82, 2.24) is 5.32 Å². The molecule has 1 atom stereocenters. The van der Waals surface area contributed by atoms with Crippen molar-refractivity contribution in [3.63, 3.8) is 0 Å². The van der Waals surface area contributed by atoms with Crippen LogP contribution in [-0.2, 0) is 27.4 Å². The number of para-hydroxylation sites is 1. The van der Waals surface area contributed by atoms with Gasteiger partial charge in [-0.25, -0.2) is 9.18 Å². The van der Waals surface area contributed by atoms with Crippen LogP contribution in [0.2, 0.25) is 0 Å². The van der Waals surface area contributed by atoms with Gasteiger partial charge in [0.15, 0.2) is 11.6 Å². The number of halogens is 1. The Labute approximate surface area is 224 Å². The number of hydrogen-bond donors (Lipinski definition) is 2. The second kappa shape index (κ2) is 14.2. The van der Waals surface area contributed by atoms with E-state index in [1.165, 1.54) is 36.4 Å². The van der Waals surface area contributed by atoms with Crippen LogP contribution >= 0.6 is 0 Å². The lowest BCUT2D eigenvalue weighted by Crippen LogP contribution is -2.45. The molecule has 0 saturated heterocycles. The molecule has 0 aliphatic rings. The summed E-state index contributed by atoms with van der Waals surface area (Å²) >= 11 is 0. The number of nitro groups is 1. The first-order chi connectivity index (χ1) is 18.8. The number of benzene rings is 3. The van der Waals surface area contributed by atoms with Gasteiger partial charge in [0.05, 0.1) is 10.6 Å². The van der Waals surface area contributed by atoms with E-state index in [0.29, 0.717) is 12.0 Å². The number of nitrogens with zero attached hydrogens (tertiary/aromatic N) is 1. The summed E-state index contributed by atoms with van der Waals surface area (Å²) in [5, 5.41) is 16.0. The molecule has 0 bridgehead atoms. The van der Waals surface area contributed by atoms with Gasteiger partial charge in [0.1, 0.15) is 12.6 Å². The third-order valence-corrected chi connectivity index (χ3v) is 5.58. The SMILES string of the molecule is CCCCC(=O)Oc1c(F)cccc1NC(=O)[C@H](Cc1ccc([N+](=O)[O-])cc1)NC(=O)OCc1ccccc1. The number of esters is 1. The average Bonchev–Trinajstić information content (AvgIpc) is 2.93. The Morgan fingerprint density at radius 2 is 1.69 bits per heavy atom. The summed E-state index contributed by atoms with van der Waals surface area (Å²) in [5.41, 5.74) is 1.01. The molecule has 0 spiro atoms. The number of nitrogens with one attached hydrogen (secondary N) is 2. The molecule has 3 aromatic carbocycles. The van der Waals surface area contributed by atoms with Crippen molar-refractivity contribution in [2.45, 2.75) is 45.3 Å². The quantitative estimate of drug-likeness (QED) is 0.138. The Hall–Kier alpha value is -4.80. The van der Waals surface area contributed by atoms with Crippen LogP contribution in [0.1, 0.15) is 37.3 Å². The first-order valence-corrected chi connectivity index (χ1v) is 12.3. The van der Waals surface area contributed by atoms with Gasteiger partial charge in [-0.05, 0) is 29.7 Å². The van der Waals surface area contributed by atoms with Crippen LogP contribution in [0, 0.1) is 15.9 Å². The molecule has 2 N–H and O–H groups in total. The van der Waals surface area contributed by atoms with Gasteiger partial charge in [0.2, 0.25) is 5.91 Å². The largest absolute Gasteiger partial charge is 0.445 e. The molecule has 0 aliphatic carbocycles. The Balaban J connectivity index is 1.78. The lowest BCUT2D eigenvalue weighted by atomic mass is 10.0. The first kappa shape index (κ1) is 28.8. The number of non-ortho nitro benzene ring substituents is 1. The highest BCUT2D eigenvalue weighted by molar-refractivity contribution is 5.98. The average molecular weight is 538 g/mol. The zero-order valence-corrected chi connectivity index (χ0v) is 21.2. The summed E-state index contributed by atoms with van der Waals surface area (Å²) in [7, 11) is 0. The maximum Gasteiger partial charge on any atom is 0.408 e. The fourth-order valence-electron chi connectivity index (χ4n) is 3.52. The molecule has 0 unspecified atom stereocenters. The number of anilines is 1. The van der Waals surface area contributed by atoms with Crippen LogP contribution in [-0.4, -0.2) is 28.9 Å². The molecule has 39 heavy (non-hydrogen) atoms. The van der Waals surface area contributed by atoms with Crippen LogP contribution < -0.4 is 15.4 Å². The Morgan fingerprint density at radius 1 is 0.974 bits per heavy atom. The van der Waals surface area contributed by atoms with Gasteiger partial charge in [0, 0.05) is 25.0 Å². The summed E-state index contributed by atoms with van der Waals surface area (Å²) in [6, 6.07) is 16.9. The highest BCUT2D eigenvalue weighted by Gasteiger charge is 2.25. The summed E-state index contributed by atoms with van der Waals surface area (Å²) in [6.45, 7) is 1.85. The highest BCUT2D eigenvalue weighted by Crippen LogP contribution is 2.29. The lowest BCUT2D eigenvalue weighted by Gasteiger charge is -2.20. The second-order valence-corrected chi connectivity index (χ2v) is 8.57. The van der Waals surface area contributed by atoms with Crippen molar-refractivity contribution in [3.8, 4) is 5.75 Å². The summed E-state index contributed by atoms with van der Waals surface area (Å²) in [6.07, 6.45) is 0.431. The summed E-state index contributed by atoms with van der Waals surface area (Å²) in [4.78, 5) is 48.4. The minimum absolute atomic E-state index is 0.0414.